The van der Waals surface area contributed by atoms with Crippen LogP contribution in [0.15, 0.2) is 6.07 Å². The summed E-state index contributed by atoms with van der Waals surface area (Å²) in [5.74, 6) is -2.43. The lowest BCUT2D eigenvalue weighted by Crippen LogP contribution is -2.31. The molecule has 5 nitrogen and oxygen atoms in total. The maximum atomic E-state index is 13.1. The van der Waals surface area contributed by atoms with Crippen LogP contribution in [0.3, 0.4) is 0 Å². The lowest BCUT2D eigenvalue weighted by Gasteiger charge is -2.15. The molecule has 0 aliphatic rings. The summed E-state index contributed by atoms with van der Waals surface area (Å²) in [5.41, 5.74) is 0. The summed E-state index contributed by atoms with van der Waals surface area (Å²) in [5, 5.41) is 14.9. The van der Waals surface area contributed by atoms with Crippen molar-refractivity contribution in [2.45, 2.75) is 19.8 Å². The molecule has 3 N–H and O–H groups in total. The zero-order chi connectivity index (χ0) is 14.8. The number of hydrogen-bond donors (Lipinski definition) is 3. The first-order valence-corrected chi connectivity index (χ1v) is 7.01. The van der Waals surface area contributed by atoms with E-state index in [4.69, 9.17) is 5.11 Å². The van der Waals surface area contributed by atoms with Crippen LogP contribution < -0.4 is 10.6 Å². The summed E-state index contributed by atoms with van der Waals surface area (Å²) < 4.78 is 26.2. The van der Waals surface area contributed by atoms with E-state index in [-0.39, 0.29) is 0 Å². The van der Waals surface area contributed by atoms with Gasteiger partial charge in [0.2, 0.25) is 5.95 Å². The van der Waals surface area contributed by atoms with Gasteiger partial charge in [0.25, 0.3) is 5.92 Å². The van der Waals surface area contributed by atoms with Crippen molar-refractivity contribution in [3.05, 3.63) is 10.9 Å². The van der Waals surface area contributed by atoms with Gasteiger partial charge in [-0.2, -0.15) is 4.98 Å². The molecule has 2 aromatic heterocycles. The van der Waals surface area contributed by atoms with Crippen molar-refractivity contribution in [1.29, 1.82) is 0 Å². The zero-order valence-corrected chi connectivity index (χ0v) is 12.0. The summed E-state index contributed by atoms with van der Waals surface area (Å²) in [6.07, 6.45) is 0. The molecular weight excluding hydrogens is 286 g/mol. The van der Waals surface area contributed by atoms with Crippen molar-refractivity contribution in [3.8, 4) is 0 Å². The number of thiophene rings is 1. The summed E-state index contributed by atoms with van der Waals surface area (Å²) in [4.78, 5) is 10.3. The minimum Gasteiger partial charge on any atom is -0.390 e. The Labute approximate surface area is 119 Å². The summed E-state index contributed by atoms with van der Waals surface area (Å²) in [6.45, 7) is 2.60. The van der Waals surface area contributed by atoms with E-state index in [1.165, 1.54) is 11.3 Å². The predicted molar refractivity (Wildman–Crippen MR) is 76.8 cm³/mol. The number of fused-ring (bicyclic) bond motifs is 1. The molecule has 20 heavy (non-hydrogen) atoms. The summed E-state index contributed by atoms with van der Waals surface area (Å²) in [7, 11) is 0. The van der Waals surface area contributed by atoms with Crippen molar-refractivity contribution in [3.63, 3.8) is 0 Å². The fraction of sp³-hybridized carbons (Fsp3) is 0.500. The van der Waals surface area contributed by atoms with Crippen molar-refractivity contribution in [2.24, 2.45) is 0 Å². The fourth-order valence-electron chi connectivity index (χ4n) is 1.68. The minimum atomic E-state index is -3.18. The number of anilines is 2. The molecule has 0 bridgehead atoms. The maximum Gasteiger partial charge on any atom is 0.287 e. The van der Waals surface area contributed by atoms with E-state index in [0.29, 0.717) is 23.7 Å². The van der Waals surface area contributed by atoms with Crippen LogP contribution in [0, 0.1) is 6.92 Å². The molecule has 0 aliphatic carbocycles. The number of aliphatic hydroxyl groups is 1. The first-order valence-electron chi connectivity index (χ1n) is 6.20. The Morgan fingerprint density at radius 2 is 2.10 bits per heavy atom. The second-order valence-electron chi connectivity index (χ2n) is 4.37. The molecule has 2 rings (SSSR count). The van der Waals surface area contributed by atoms with Gasteiger partial charge in [-0.3, -0.25) is 0 Å². The average Bonchev–Trinajstić information content (AvgIpc) is 2.77. The lowest BCUT2D eigenvalue weighted by molar-refractivity contribution is -0.0373. The quantitative estimate of drug-likeness (QED) is 0.765. The van der Waals surface area contributed by atoms with Crippen molar-refractivity contribution >= 4 is 33.3 Å². The molecule has 0 radical (unpaired) electrons. The van der Waals surface area contributed by atoms with Gasteiger partial charge in [-0.25, -0.2) is 13.8 Å². The van der Waals surface area contributed by atoms with Gasteiger partial charge in [-0.15, -0.1) is 11.3 Å². The van der Waals surface area contributed by atoms with Crippen molar-refractivity contribution in [2.75, 3.05) is 30.3 Å². The van der Waals surface area contributed by atoms with Crippen LogP contribution >= 0.6 is 11.3 Å². The number of alkyl halides is 2. The van der Waals surface area contributed by atoms with E-state index in [2.05, 4.69) is 20.6 Å². The standard InChI is InChI=1S/C12H16F2N4OS/c1-3-15-11-17-9(16-5-12(13,14)6-19)8-4-7(2)20-10(8)18-11/h4,19H,3,5-6H2,1-2H3,(H2,15,16,17,18). The molecule has 2 heterocycles. The van der Waals surface area contributed by atoms with Crippen molar-refractivity contribution < 1.29 is 13.9 Å². The molecule has 0 aromatic carbocycles. The van der Waals surface area contributed by atoms with Crippen LogP contribution in [-0.2, 0) is 0 Å². The first-order chi connectivity index (χ1) is 9.45. The molecule has 0 spiro atoms. The number of aliphatic hydroxyl groups excluding tert-OH is 1. The van der Waals surface area contributed by atoms with Crippen molar-refractivity contribution in [1.82, 2.24) is 9.97 Å². The highest BCUT2D eigenvalue weighted by Crippen LogP contribution is 2.30. The van der Waals surface area contributed by atoms with E-state index in [1.54, 1.807) is 0 Å². The molecule has 0 saturated carbocycles. The Bertz CT molecular complexity index is 602. The third kappa shape index (κ3) is 3.31. The van der Waals surface area contributed by atoms with Gasteiger partial charge in [-0.05, 0) is 19.9 Å². The van der Waals surface area contributed by atoms with Gasteiger partial charge in [0, 0.05) is 11.4 Å². The molecular formula is C12H16F2N4OS. The van der Waals surface area contributed by atoms with Crippen LogP contribution in [0.25, 0.3) is 10.2 Å². The topological polar surface area (TPSA) is 70.1 Å². The molecule has 0 saturated heterocycles. The van der Waals surface area contributed by atoms with Crippen LogP contribution in [0.4, 0.5) is 20.5 Å². The van der Waals surface area contributed by atoms with Crippen LogP contribution in [0.2, 0.25) is 0 Å². The lowest BCUT2D eigenvalue weighted by atomic mass is 10.3. The number of rotatable bonds is 6. The van der Waals surface area contributed by atoms with Crippen LogP contribution in [0.1, 0.15) is 11.8 Å². The molecule has 8 heteroatoms. The van der Waals surface area contributed by atoms with Gasteiger partial charge in [-0.1, -0.05) is 0 Å². The van der Waals surface area contributed by atoms with Gasteiger partial charge in [0.15, 0.2) is 0 Å². The van der Waals surface area contributed by atoms with E-state index in [9.17, 15) is 8.78 Å². The number of hydrogen-bond acceptors (Lipinski definition) is 6. The number of halogens is 2. The molecule has 0 amide bonds. The molecule has 0 fully saturated rings. The largest absolute Gasteiger partial charge is 0.390 e. The molecule has 0 aliphatic heterocycles. The van der Waals surface area contributed by atoms with E-state index in [0.717, 1.165) is 9.71 Å². The number of aromatic nitrogens is 2. The second-order valence-corrected chi connectivity index (χ2v) is 5.60. The highest BCUT2D eigenvalue weighted by atomic mass is 32.1. The molecule has 0 unspecified atom stereocenters. The highest BCUT2D eigenvalue weighted by molar-refractivity contribution is 7.18. The third-order valence-corrected chi connectivity index (χ3v) is 3.54. The Balaban J connectivity index is 2.34. The Kier molecular flexibility index (Phi) is 4.34. The molecule has 2 aromatic rings. The number of nitrogens with zero attached hydrogens (tertiary/aromatic N) is 2. The van der Waals surface area contributed by atoms with E-state index < -0.39 is 19.1 Å². The van der Waals surface area contributed by atoms with Crippen LogP contribution in [0.5, 0.6) is 0 Å². The van der Waals surface area contributed by atoms with Gasteiger partial charge in [0.1, 0.15) is 17.3 Å². The maximum absolute atomic E-state index is 13.1. The normalized spacial score (nSPS) is 11.8. The predicted octanol–water partition coefficient (Wildman–Crippen LogP) is 2.47. The van der Waals surface area contributed by atoms with E-state index in [1.807, 2.05) is 19.9 Å². The van der Waals surface area contributed by atoms with Gasteiger partial charge in [0.05, 0.1) is 11.9 Å². The smallest absolute Gasteiger partial charge is 0.287 e. The average molecular weight is 302 g/mol. The number of nitrogens with one attached hydrogen (secondary N) is 2. The molecule has 0 atom stereocenters. The highest BCUT2D eigenvalue weighted by Gasteiger charge is 2.28. The Hall–Kier alpha value is -1.54. The third-order valence-electron chi connectivity index (χ3n) is 2.60. The fourth-order valence-corrected chi connectivity index (χ4v) is 2.56. The van der Waals surface area contributed by atoms with Gasteiger partial charge >= 0.3 is 0 Å². The van der Waals surface area contributed by atoms with E-state index >= 15 is 0 Å². The SMILES string of the molecule is CCNc1nc(NCC(F)(F)CO)c2cc(C)sc2n1. The summed E-state index contributed by atoms with van der Waals surface area (Å²) >= 11 is 1.48. The molecule has 110 valence electrons. The first kappa shape index (κ1) is 14.9. The van der Waals surface area contributed by atoms with Crippen LogP contribution in [-0.4, -0.2) is 40.7 Å². The summed E-state index contributed by atoms with van der Waals surface area (Å²) in [6, 6.07) is 1.86. The monoisotopic (exact) mass is 302 g/mol. The number of aryl methyl sites for hydroxylation is 1. The Morgan fingerprint density at radius 3 is 2.75 bits per heavy atom. The van der Waals surface area contributed by atoms with Gasteiger partial charge < -0.3 is 15.7 Å². The minimum absolute atomic E-state index is 0.350. The Morgan fingerprint density at radius 1 is 1.35 bits per heavy atom. The zero-order valence-electron chi connectivity index (χ0n) is 11.2. The second kappa shape index (κ2) is 5.84.